The van der Waals surface area contributed by atoms with Crippen molar-refractivity contribution in [2.75, 3.05) is 26.4 Å². The lowest BCUT2D eigenvalue weighted by atomic mass is 10.0. The van der Waals surface area contributed by atoms with Crippen molar-refractivity contribution in [1.82, 2.24) is 0 Å². The number of fused-ring (bicyclic) bond motifs is 2. The molecule has 1 fully saturated rings. The highest BCUT2D eigenvalue weighted by Gasteiger charge is 2.23. The minimum absolute atomic E-state index is 0.0972. The lowest BCUT2D eigenvalue weighted by Crippen LogP contribution is -2.15. The van der Waals surface area contributed by atoms with Crippen molar-refractivity contribution in [3.8, 4) is 28.4 Å². The molecule has 0 N–H and O–H groups in total. The largest absolute Gasteiger partial charge is 0.491 e. The van der Waals surface area contributed by atoms with Crippen LogP contribution in [0.4, 0.5) is 0 Å². The van der Waals surface area contributed by atoms with E-state index in [4.69, 9.17) is 23.4 Å². The summed E-state index contributed by atoms with van der Waals surface area (Å²) in [5.74, 6) is 1.98. The van der Waals surface area contributed by atoms with Gasteiger partial charge in [0.25, 0.3) is 0 Å². The third-order valence-electron chi connectivity index (χ3n) is 4.44. The first kappa shape index (κ1) is 15.3. The molecule has 0 bridgehead atoms. The minimum Gasteiger partial charge on any atom is -0.491 e. The Morgan fingerprint density at radius 2 is 1.88 bits per heavy atom. The van der Waals surface area contributed by atoms with Gasteiger partial charge in [0.1, 0.15) is 43.5 Å². The van der Waals surface area contributed by atoms with Gasteiger partial charge in [0.2, 0.25) is 0 Å². The van der Waals surface area contributed by atoms with Gasteiger partial charge in [-0.05, 0) is 29.8 Å². The van der Waals surface area contributed by atoms with E-state index in [1.54, 1.807) is 24.3 Å². The molecular formula is C20H16O6. The van der Waals surface area contributed by atoms with Crippen LogP contribution in [0.5, 0.6) is 17.2 Å². The summed E-state index contributed by atoms with van der Waals surface area (Å²) >= 11 is 0. The van der Waals surface area contributed by atoms with Crippen LogP contribution in [0, 0.1) is 0 Å². The smallest absolute Gasteiger partial charge is 0.200 e. The van der Waals surface area contributed by atoms with Crippen LogP contribution >= 0.6 is 0 Å². The van der Waals surface area contributed by atoms with E-state index < -0.39 is 0 Å². The van der Waals surface area contributed by atoms with Gasteiger partial charge in [0, 0.05) is 6.07 Å². The molecule has 5 rings (SSSR count). The standard InChI is InChI=1S/C20H16O6/c21-20-15-3-2-13(24-9-14-10-25-14)8-18(15)26-11-16(20)12-1-4-17-19(7-12)23-6-5-22-17/h1-4,7-8,11,14H,5-6,9-10H2. The van der Waals surface area contributed by atoms with Gasteiger partial charge in [0.05, 0.1) is 17.6 Å². The molecule has 0 saturated carbocycles. The molecule has 3 heterocycles. The van der Waals surface area contributed by atoms with Crippen LogP contribution in [0.1, 0.15) is 0 Å². The Hall–Kier alpha value is -2.99. The summed E-state index contributed by atoms with van der Waals surface area (Å²) in [6.45, 7) is 2.27. The van der Waals surface area contributed by atoms with Gasteiger partial charge in [0.15, 0.2) is 16.9 Å². The first-order chi connectivity index (χ1) is 12.8. The number of hydrogen-bond acceptors (Lipinski definition) is 6. The van der Waals surface area contributed by atoms with Crippen LogP contribution < -0.4 is 19.6 Å². The van der Waals surface area contributed by atoms with Crippen LogP contribution in [0.25, 0.3) is 22.1 Å². The van der Waals surface area contributed by atoms with Crippen LogP contribution in [0.2, 0.25) is 0 Å². The van der Waals surface area contributed by atoms with Crippen molar-refractivity contribution in [1.29, 1.82) is 0 Å². The van der Waals surface area contributed by atoms with Crippen molar-refractivity contribution in [3.05, 3.63) is 52.9 Å². The van der Waals surface area contributed by atoms with Crippen molar-refractivity contribution >= 4 is 11.0 Å². The number of rotatable bonds is 4. The second-order valence-electron chi connectivity index (χ2n) is 6.26. The van der Waals surface area contributed by atoms with Crippen LogP contribution in [-0.2, 0) is 4.74 Å². The molecule has 1 atom stereocenters. The molecule has 0 aliphatic carbocycles. The van der Waals surface area contributed by atoms with Gasteiger partial charge < -0.3 is 23.4 Å². The highest BCUT2D eigenvalue weighted by Crippen LogP contribution is 2.34. The zero-order valence-corrected chi connectivity index (χ0v) is 13.9. The molecule has 0 spiro atoms. The zero-order valence-electron chi connectivity index (χ0n) is 13.9. The molecule has 1 aromatic heterocycles. The Labute approximate surface area is 148 Å². The van der Waals surface area contributed by atoms with Gasteiger partial charge in [-0.15, -0.1) is 0 Å². The summed E-state index contributed by atoms with van der Waals surface area (Å²) in [6.07, 6.45) is 1.65. The van der Waals surface area contributed by atoms with E-state index in [1.807, 2.05) is 12.1 Å². The molecule has 2 aromatic carbocycles. The third kappa shape index (κ3) is 2.78. The second-order valence-corrected chi connectivity index (χ2v) is 6.26. The van der Waals surface area contributed by atoms with E-state index >= 15 is 0 Å². The second kappa shape index (κ2) is 6.07. The fourth-order valence-electron chi connectivity index (χ4n) is 2.96. The van der Waals surface area contributed by atoms with Crippen molar-refractivity contribution in [2.45, 2.75) is 6.10 Å². The Morgan fingerprint density at radius 3 is 2.73 bits per heavy atom. The molecule has 26 heavy (non-hydrogen) atoms. The van der Waals surface area contributed by atoms with E-state index in [0.717, 1.165) is 12.2 Å². The van der Waals surface area contributed by atoms with E-state index in [1.165, 1.54) is 6.26 Å². The molecule has 2 aliphatic rings. The Bertz CT molecular complexity index is 1030. The molecule has 1 saturated heterocycles. The first-order valence-corrected chi connectivity index (χ1v) is 8.48. The monoisotopic (exact) mass is 352 g/mol. The van der Waals surface area contributed by atoms with Crippen LogP contribution in [0.3, 0.4) is 0 Å². The van der Waals surface area contributed by atoms with Crippen LogP contribution in [-0.4, -0.2) is 32.5 Å². The zero-order chi connectivity index (χ0) is 17.5. The summed E-state index contributed by atoms with van der Waals surface area (Å²) in [4.78, 5) is 12.9. The maximum absolute atomic E-state index is 12.9. The Balaban J connectivity index is 1.51. The SMILES string of the molecule is O=c1c(-c2ccc3c(c2)OCCO3)coc2cc(OCC3CO3)ccc12. The predicted molar refractivity (Wildman–Crippen MR) is 94.1 cm³/mol. The molecule has 2 aliphatic heterocycles. The molecule has 132 valence electrons. The maximum atomic E-state index is 12.9. The number of hydrogen-bond donors (Lipinski definition) is 0. The molecule has 0 radical (unpaired) electrons. The highest BCUT2D eigenvalue weighted by molar-refractivity contribution is 5.83. The molecular weight excluding hydrogens is 336 g/mol. The molecule has 6 nitrogen and oxygen atoms in total. The van der Waals surface area contributed by atoms with E-state index in [-0.39, 0.29) is 11.5 Å². The highest BCUT2D eigenvalue weighted by atomic mass is 16.6. The lowest BCUT2D eigenvalue weighted by molar-refractivity contribution is 0.171. The van der Waals surface area contributed by atoms with E-state index in [0.29, 0.717) is 53.6 Å². The molecule has 0 amide bonds. The predicted octanol–water partition coefficient (Wildman–Crippen LogP) is 3.01. The minimum atomic E-state index is -0.0972. The number of benzene rings is 2. The van der Waals surface area contributed by atoms with Crippen LogP contribution in [0.15, 0.2) is 51.9 Å². The molecule has 6 heteroatoms. The fourth-order valence-corrected chi connectivity index (χ4v) is 2.96. The summed E-state index contributed by atoms with van der Waals surface area (Å²) in [5, 5.41) is 0.507. The Morgan fingerprint density at radius 1 is 1.04 bits per heavy atom. The fraction of sp³-hybridized carbons (Fsp3) is 0.250. The van der Waals surface area contributed by atoms with E-state index in [2.05, 4.69) is 0 Å². The topological polar surface area (TPSA) is 70.4 Å². The lowest BCUT2D eigenvalue weighted by Gasteiger charge is -2.18. The first-order valence-electron chi connectivity index (χ1n) is 8.48. The summed E-state index contributed by atoms with van der Waals surface area (Å²) in [5.41, 5.74) is 1.61. The maximum Gasteiger partial charge on any atom is 0.200 e. The Kier molecular flexibility index (Phi) is 3.57. The van der Waals surface area contributed by atoms with Crippen molar-refractivity contribution in [3.63, 3.8) is 0 Å². The summed E-state index contributed by atoms with van der Waals surface area (Å²) in [6, 6.07) is 10.7. The van der Waals surface area contributed by atoms with Gasteiger partial charge in [-0.3, -0.25) is 4.79 Å². The summed E-state index contributed by atoms with van der Waals surface area (Å²) < 4.78 is 27.6. The quantitative estimate of drug-likeness (QED) is 0.672. The van der Waals surface area contributed by atoms with Gasteiger partial charge in [-0.2, -0.15) is 0 Å². The average Bonchev–Trinajstić information content (AvgIpc) is 3.51. The van der Waals surface area contributed by atoms with Crippen molar-refractivity contribution in [2.24, 2.45) is 0 Å². The molecule has 1 unspecified atom stereocenters. The number of ether oxygens (including phenoxy) is 4. The molecule has 3 aromatic rings. The van der Waals surface area contributed by atoms with Crippen molar-refractivity contribution < 1.29 is 23.4 Å². The normalized spacial score (nSPS) is 17.9. The van der Waals surface area contributed by atoms with E-state index in [9.17, 15) is 4.79 Å². The summed E-state index contributed by atoms with van der Waals surface area (Å²) in [7, 11) is 0. The third-order valence-corrected chi connectivity index (χ3v) is 4.44. The van der Waals surface area contributed by atoms with Gasteiger partial charge in [-0.1, -0.05) is 6.07 Å². The average molecular weight is 352 g/mol. The van der Waals surface area contributed by atoms with Gasteiger partial charge >= 0.3 is 0 Å². The number of epoxide rings is 1. The van der Waals surface area contributed by atoms with Gasteiger partial charge in [-0.25, -0.2) is 0 Å².